The predicted molar refractivity (Wildman–Crippen MR) is 63.9 cm³/mol. The molecule has 0 spiro atoms. The van der Waals surface area contributed by atoms with Crippen LogP contribution in [0, 0.1) is 0 Å². The molecule has 0 bridgehead atoms. The molecule has 1 saturated heterocycles. The maximum Gasteiger partial charge on any atom is 0.0418 e. The summed E-state index contributed by atoms with van der Waals surface area (Å²) in [4.78, 5) is 2.35. The molecular formula is C13H19FN2. The highest BCUT2D eigenvalue weighted by Crippen LogP contribution is 2.06. The standard InChI is InChI=1S/C13H19FN2/c14-16-11-9-15(10-12-16)8-4-7-13-5-2-1-3-6-13/h1-3,5-6H,4,7-12H2. The second-order valence-electron chi connectivity index (χ2n) is 4.34. The lowest BCUT2D eigenvalue weighted by molar-refractivity contribution is -0.0216. The first kappa shape index (κ1) is 11.6. The molecule has 0 aromatic heterocycles. The van der Waals surface area contributed by atoms with Gasteiger partial charge in [0.2, 0.25) is 0 Å². The van der Waals surface area contributed by atoms with Gasteiger partial charge in [-0.1, -0.05) is 30.3 Å². The van der Waals surface area contributed by atoms with Crippen LogP contribution in [0.4, 0.5) is 4.48 Å². The molecule has 0 N–H and O–H groups in total. The lowest BCUT2D eigenvalue weighted by atomic mass is 10.1. The van der Waals surface area contributed by atoms with Gasteiger partial charge >= 0.3 is 0 Å². The second kappa shape index (κ2) is 5.97. The van der Waals surface area contributed by atoms with E-state index in [9.17, 15) is 4.48 Å². The minimum absolute atomic E-state index is 0.561. The van der Waals surface area contributed by atoms with E-state index in [0.717, 1.165) is 37.6 Å². The van der Waals surface area contributed by atoms with Crippen LogP contribution in [-0.2, 0) is 6.42 Å². The second-order valence-corrected chi connectivity index (χ2v) is 4.34. The summed E-state index contributed by atoms with van der Waals surface area (Å²) in [7, 11) is 0. The SMILES string of the molecule is FN1CCN(CCCc2ccccc2)CC1. The van der Waals surface area contributed by atoms with E-state index in [1.54, 1.807) is 0 Å². The van der Waals surface area contributed by atoms with E-state index >= 15 is 0 Å². The third-order valence-corrected chi connectivity index (χ3v) is 3.10. The minimum Gasteiger partial charge on any atom is -0.301 e. The highest BCUT2D eigenvalue weighted by molar-refractivity contribution is 5.14. The molecule has 0 amide bonds. The molecule has 1 aliphatic heterocycles. The van der Waals surface area contributed by atoms with Gasteiger partial charge in [-0.3, -0.25) is 0 Å². The van der Waals surface area contributed by atoms with Crippen LogP contribution >= 0.6 is 0 Å². The molecular weight excluding hydrogens is 203 g/mol. The Balaban J connectivity index is 1.65. The maximum atomic E-state index is 12.8. The molecule has 1 aromatic rings. The summed E-state index contributed by atoms with van der Waals surface area (Å²) in [5.41, 5.74) is 1.40. The molecule has 1 heterocycles. The normalized spacial score (nSPS) is 18.8. The fourth-order valence-electron chi connectivity index (χ4n) is 2.10. The maximum absolute atomic E-state index is 12.8. The van der Waals surface area contributed by atoms with Gasteiger partial charge in [-0.15, -0.1) is 9.60 Å². The van der Waals surface area contributed by atoms with Gasteiger partial charge in [-0.05, 0) is 24.9 Å². The number of hydrogen-bond donors (Lipinski definition) is 0. The smallest absolute Gasteiger partial charge is 0.0418 e. The Morgan fingerprint density at radius 1 is 1.00 bits per heavy atom. The third kappa shape index (κ3) is 3.58. The van der Waals surface area contributed by atoms with Crippen molar-refractivity contribution >= 4 is 0 Å². The van der Waals surface area contributed by atoms with Crippen molar-refractivity contribution in [1.29, 1.82) is 0 Å². The lowest BCUT2D eigenvalue weighted by Crippen LogP contribution is -2.43. The third-order valence-electron chi connectivity index (χ3n) is 3.10. The van der Waals surface area contributed by atoms with Crippen molar-refractivity contribution in [3.63, 3.8) is 0 Å². The Kier molecular flexibility index (Phi) is 4.31. The van der Waals surface area contributed by atoms with Crippen molar-refractivity contribution in [2.45, 2.75) is 12.8 Å². The van der Waals surface area contributed by atoms with Crippen LogP contribution in [0.5, 0.6) is 0 Å². The van der Waals surface area contributed by atoms with Crippen LogP contribution in [0.1, 0.15) is 12.0 Å². The van der Waals surface area contributed by atoms with Gasteiger partial charge in [0, 0.05) is 26.2 Å². The van der Waals surface area contributed by atoms with Gasteiger partial charge < -0.3 is 4.90 Å². The Morgan fingerprint density at radius 3 is 2.38 bits per heavy atom. The number of hydrogen-bond acceptors (Lipinski definition) is 2. The van der Waals surface area contributed by atoms with E-state index in [-0.39, 0.29) is 0 Å². The molecule has 0 aliphatic carbocycles. The number of nitrogens with zero attached hydrogens (tertiary/aromatic N) is 2. The molecule has 1 aromatic carbocycles. The molecule has 88 valence electrons. The predicted octanol–water partition coefficient (Wildman–Crippen LogP) is 2.12. The van der Waals surface area contributed by atoms with Gasteiger partial charge in [-0.2, -0.15) is 0 Å². The first-order valence-electron chi connectivity index (χ1n) is 6.01. The Morgan fingerprint density at radius 2 is 1.69 bits per heavy atom. The van der Waals surface area contributed by atoms with E-state index in [1.807, 2.05) is 6.07 Å². The highest BCUT2D eigenvalue weighted by Gasteiger charge is 2.15. The zero-order chi connectivity index (χ0) is 11.2. The molecule has 0 atom stereocenters. The monoisotopic (exact) mass is 222 g/mol. The molecule has 0 radical (unpaired) electrons. The van der Waals surface area contributed by atoms with Crippen LogP contribution in [0.3, 0.4) is 0 Å². The van der Waals surface area contributed by atoms with Gasteiger partial charge in [-0.25, -0.2) is 0 Å². The largest absolute Gasteiger partial charge is 0.301 e. The summed E-state index contributed by atoms with van der Waals surface area (Å²) in [6.45, 7) is 3.94. The Bertz CT molecular complexity index is 294. The molecule has 2 nitrogen and oxygen atoms in total. The van der Waals surface area contributed by atoms with E-state index in [4.69, 9.17) is 0 Å². The summed E-state index contributed by atoms with van der Waals surface area (Å²) in [5.74, 6) is 0. The van der Waals surface area contributed by atoms with Crippen LogP contribution in [0.15, 0.2) is 30.3 Å². The summed E-state index contributed by atoms with van der Waals surface area (Å²) in [5, 5.41) is 0.910. The molecule has 0 saturated carbocycles. The number of benzene rings is 1. The summed E-state index contributed by atoms with van der Waals surface area (Å²) in [6.07, 6.45) is 2.28. The molecule has 16 heavy (non-hydrogen) atoms. The zero-order valence-electron chi connectivity index (χ0n) is 9.61. The van der Waals surface area contributed by atoms with E-state index in [2.05, 4.69) is 29.2 Å². The number of halogens is 1. The number of aryl methyl sites for hydroxylation is 1. The van der Waals surface area contributed by atoms with Crippen LogP contribution in [0.25, 0.3) is 0 Å². The van der Waals surface area contributed by atoms with E-state index in [0.29, 0.717) is 13.1 Å². The van der Waals surface area contributed by atoms with Crippen LogP contribution < -0.4 is 0 Å². The first-order chi connectivity index (χ1) is 7.84. The Hall–Kier alpha value is -0.930. The molecule has 1 aliphatic rings. The number of piperazine rings is 1. The van der Waals surface area contributed by atoms with Gasteiger partial charge in [0.05, 0.1) is 0 Å². The van der Waals surface area contributed by atoms with Gasteiger partial charge in [0.25, 0.3) is 0 Å². The van der Waals surface area contributed by atoms with Crippen molar-refractivity contribution in [2.75, 3.05) is 32.7 Å². The molecule has 3 heteroatoms. The fourth-order valence-corrected chi connectivity index (χ4v) is 2.10. The van der Waals surface area contributed by atoms with E-state index in [1.165, 1.54) is 5.56 Å². The summed E-state index contributed by atoms with van der Waals surface area (Å²) < 4.78 is 12.8. The average molecular weight is 222 g/mol. The van der Waals surface area contributed by atoms with Crippen molar-refractivity contribution in [3.8, 4) is 0 Å². The average Bonchev–Trinajstić information content (AvgIpc) is 2.33. The molecule has 2 rings (SSSR count). The first-order valence-corrected chi connectivity index (χ1v) is 6.01. The minimum atomic E-state index is 0.561. The van der Waals surface area contributed by atoms with Gasteiger partial charge in [0.15, 0.2) is 0 Å². The topological polar surface area (TPSA) is 6.48 Å². The van der Waals surface area contributed by atoms with E-state index < -0.39 is 0 Å². The van der Waals surface area contributed by atoms with Crippen molar-refractivity contribution in [1.82, 2.24) is 10.0 Å². The Labute approximate surface area is 96.6 Å². The van der Waals surface area contributed by atoms with Gasteiger partial charge in [0.1, 0.15) is 0 Å². The van der Waals surface area contributed by atoms with Crippen LogP contribution in [-0.4, -0.2) is 42.7 Å². The lowest BCUT2D eigenvalue weighted by Gasteiger charge is -2.29. The van der Waals surface area contributed by atoms with Crippen LogP contribution in [0.2, 0.25) is 0 Å². The molecule has 1 fully saturated rings. The number of rotatable bonds is 4. The summed E-state index contributed by atoms with van der Waals surface area (Å²) >= 11 is 0. The van der Waals surface area contributed by atoms with Crippen molar-refractivity contribution < 1.29 is 4.48 Å². The zero-order valence-corrected chi connectivity index (χ0v) is 9.61. The quantitative estimate of drug-likeness (QED) is 0.720. The summed E-state index contributed by atoms with van der Waals surface area (Å²) in [6, 6.07) is 10.5. The van der Waals surface area contributed by atoms with Crippen molar-refractivity contribution in [3.05, 3.63) is 35.9 Å². The molecule has 0 unspecified atom stereocenters. The van der Waals surface area contributed by atoms with Crippen molar-refractivity contribution in [2.24, 2.45) is 0 Å². The highest BCUT2D eigenvalue weighted by atomic mass is 19.2. The fraction of sp³-hybridized carbons (Fsp3) is 0.538.